The van der Waals surface area contributed by atoms with Crippen molar-refractivity contribution < 1.29 is 8.42 Å². The van der Waals surface area contributed by atoms with Crippen LogP contribution in [0.3, 0.4) is 0 Å². The summed E-state index contributed by atoms with van der Waals surface area (Å²) in [6, 6.07) is 7.78. The molecule has 0 bridgehead atoms. The zero-order chi connectivity index (χ0) is 14.1. The van der Waals surface area contributed by atoms with E-state index in [1.807, 2.05) is 24.3 Å². The fraction of sp³-hybridized carbons (Fsp3) is 0.571. The number of nitrogens with zero attached hydrogens (tertiary/aromatic N) is 1. The van der Waals surface area contributed by atoms with Crippen LogP contribution in [0.4, 0.5) is 5.69 Å². The largest absolute Gasteiger partial charge is 0.330 e. The van der Waals surface area contributed by atoms with Gasteiger partial charge in [-0.1, -0.05) is 25.0 Å². The Kier molecular flexibility index (Phi) is 3.87. The van der Waals surface area contributed by atoms with Gasteiger partial charge in [-0.15, -0.1) is 0 Å². The lowest BCUT2D eigenvalue weighted by Crippen LogP contribution is -2.32. The molecule has 1 aliphatic carbocycles. The first-order valence-electron chi connectivity index (χ1n) is 6.64. The van der Waals surface area contributed by atoms with Gasteiger partial charge in [-0.2, -0.15) is 0 Å². The molecule has 0 heterocycles. The SMILES string of the molecule is CN(c1ccc(C2(CN)CCCC2)cc1)S(C)(=O)=O. The van der Waals surface area contributed by atoms with Crippen LogP contribution in [-0.2, 0) is 15.4 Å². The Bertz CT molecular complexity index is 531. The highest BCUT2D eigenvalue weighted by Gasteiger charge is 2.34. The van der Waals surface area contributed by atoms with E-state index in [-0.39, 0.29) is 5.41 Å². The summed E-state index contributed by atoms with van der Waals surface area (Å²) in [6.07, 6.45) is 5.92. The number of sulfonamides is 1. The van der Waals surface area contributed by atoms with E-state index in [1.54, 1.807) is 7.05 Å². The van der Waals surface area contributed by atoms with E-state index >= 15 is 0 Å². The Labute approximate surface area is 115 Å². The lowest BCUT2D eigenvalue weighted by atomic mass is 9.79. The van der Waals surface area contributed by atoms with Gasteiger partial charge in [0, 0.05) is 19.0 Å². The number of benzene rings is 1. The molecule has 1 fully saturated rings. The molecule has 2 N–H and O–H groups in total. The molecule has 0 aliphatic heterocycles. The monoisotopic (exact) mass is 282 g/mol. The molecule has 0 atom stereocenters. The summed E-state index contributed by atoms with van der Waals surface area (Å²) < 4.78 is 24.3. The molecule has 0 amide bonds. The van der Waals surface area contributed by atoms with Gasteiger partial charge in [0.1, 0.15) is 0 Å². The second-order valence-electron chi connectivity index (χ2n) is 5.47. The van der Waals surface area contributed by atoms with Gasteiger partial charge in [-0.25, -0.2) is 8.42 Å². The van der Waals surface area contributed by atoms with E-state index in [2.05, 4.69) is 0 Å². The third-order valence-electron chi connectivity index (χ3n) is 4.29. The highest BCUT2D eigenvalue weighted by Crippen LogP contribution is 2.40. The summed E-state index contributed by atoms with van der Waals surface area (Å²) in [4.78, 5) is 0. The number of anilines is 1. The quantitative estimate of drug-likeness (QED) is 0.916. The second-order valence-corrected chi connectivity index (χ2v) is 7.48. The zero-order valence-electron chi connectivity index (χ0n) is 11.6. The third kappa shape index (κ3) is 2.77. The Hall–Kier alpha value is -1.07. The summed E-state index contributed by atoms with van der Waals surface area (Å²) in [6.45, 7) is 0.661. The summed E-state index contributed by atoms with van der Waals surface area (Å²) >= 11 is 0. The van der Waals surface area contributed by atoms with Crippen molar-refractivity contribution in [3.05, 3.63) is 29.8 Å². The van der Waals surface area contributed by atoms with Crippen LogP contribution in [0, 0.1) is 0 Å². The van der Waals surface area contributed by atoms with Gasteiger partial charge in [-0.3, -0.25) is 4.31 Å². The summed E-state index contributed by atoms with van der Waals surface area (Å²) in [5.41, 5.74) is 7.99. The molecule has 5 heteroatoms. The van der Waals surface area contributed by atoms with E-state index < -0.39 is 10.0 Å². The highest BCUT2D eigenvalue weighted by atomic mass is 32.2. The minimum atomic E-state index is -3.20. The molecule has 0 unspecified atom stereocenters. The van der Waals surface area contributed by atoms with E-state index in [0.717, 1.165) is 12.8 Å². The molecular weight excluding hydrogens is 260 g/mol. The van der Waals surface area contributed by atoms with Crippen molar-refractivity contribution in [1.82, 2.24) is 0 Å². The molecule has 1 aromatic rings. The smallest absolute Gasteiger partial charge is 0.231 e. The maximum atomic E-state index is 11.5. The Balaban J connectivity index is 2.28. The number of nitrogens with two attached hydrogens (primary N) is 1. The Morgan fingerprint density at radius 2 is 1.74 bits per heavy atom. The van der Waals surface area contributed by atoms with Crippen LogP contribution in [0.5, 0.6) is 0 Å². The van der Waals surface area contributed by atoms with Crippen molar-refractivity contribution in [3.63, 3.8) is 0 Å². The van der Waals surface area contributed by atoms with Crippen LogP contribution in [0.25, 0.3) is 0 Å². The molecule has 4 nitrogen and oxygen atoms in total. The minimum Gasteiger partial charge on any atom is -0.330 e. The van der Waals surface area contributed by atoms with Gasteiger partial charge in [0.15, 0.2) is 0 Å². The van der Waals surface area contributed by atoms with Gasteiger partial charge >= 0.3 is 0 Å². The zero-order valence-corrected chi connectivity index (χ0v) is 12.4. The van der Waals surface area contributed by atoms with Crippen LogP contribution >= 0.6 is 0 Å². The van der Waals surface area contributed by atoms with E-state index in [1.165, 1.54) is 29.0 Å². The fourth-order valence-corrected chi connectivity index (χ4v) is 3.38. The normalized spacial score (nSPS) is 18.5. The van der Waals surface area contributed by atoms with Crippen LogP contribution < -0.4 is 10.0 Å². The molecular formula is C14H22N2O2S. The molecule has 19 heavy (non-hydrogen) atoms. The maximum absolute atomic E-state index is 11.5. The minimum absolute atomic E-state index is 0.0994. The second kappa shape index (κ2) is 5.13. The standard InChI is InChI=1S/C14H22N2O2S/c1-16(19(2,17)18)13-7-5-12(6-8-13)14(11-15)9-3-4-10-14/h5-8H,3-4,9-11,15H2,1-2H3. The van der Waals surface area contributed by atoms with Crippen molar-refractivity contribution in [1.29, 1.82) is 0 Å². The van der Waals surface area contributed by atoms with Crippen LogP contribution in [0.15, 0.2) is 24.3 Å². The van der Waals surface area contributed by atoms with Crippen molar-refractivity contribution in [2.45, 2.75) is 31.1 Å². The van der Waals surface area contributed by atoms with Gasteiger partial charge in [0.25, 0.3) is 0 Å². The predicted molar refractivity (Wildman–Crippen MR) is 78.9 cm³/mol. The number of rotatable bonds is 4. The van der Waals surface area contributed by atoms with Gasteiger partial charge < -0.3 is 5.73 Å². The van der Waals surface area contributed by atoms with E-state index in [0.29, 0.717) is 12.2 Å². The average Bonchev–Trinajstić information content (AvgIpc) is 2.87. The predicted octanol–water partition coefficient (Wildman–Crippen LogP) is 1.85. The Morgan fingerprint density at radius 1 is 1.21 bits per heavy atom. The van der Waals surface area contributed by atoms with Crippen molar-refractivity contribution in [2.24, 2.45) is 5.73 Å². The summed E-state index contributed by atoms with van der Waals surface area (Å²) in [5, 5.41) is 0. The van der Waals surface area contributed by atoms with E-state index in [9.17, 15) is 8.42 Å². The van der Waals surface area contributed by atoms with Crippen molar-refractivity contribution in [2.75, 3.05) is 24.2 Å². The van der Waals surface area contributed by atoms with Gasteiger partial charge in [0.05, 0.1) is 11.9 Å². The first kappa shape index (κ1) is 14.3. The van der Waals surface area contributed by atoms with E-state index in [4.69, 9.17) is 5.73 Å². The molecule has 1 aromatic carbocycles. The summed E-state index contributed by atoms with van der Waals surface area (Å²) in [7, 11) is -1.63. The first-order chi connectivity index (χ1) is 8.89. The molecule has 0 aromatic heterocycles. The van der Waals surface area contributed by atoms with Gasteiger partial charge in [0.2, 0.25) is 10.0 Å². The average molecular weight is 282 g/mol. The molecule has 0 spiro atoms. The molecule has 1 saturated carbocycles. The third-order valence-corrected chi connectivity index (χ3v) is 5.50. The maximum Gasteiger partial charge on any atom is 0.231 e. The van der Waals surface area contributed by atoms with Gasteiger partial charge in [-0.05, 0) is 30.5 Å². The molecule has 0 saturated heterocycles. The van der Waals surface area contributed by atoms with Crippen molar-refractivity contribution in [3.8, 4) is 0 Å². The summed E-state index contributed by atoms with van der Waals surface area (Å²) in [5.74, 6) is 0. The molecule has 0 radical (unpaired) electrons. The van der Waals surface area contributed by atoms with Crippen LogP contribution in [0.2, 0.25) is 0 Å². The number of hydrogen-bond donors (Lipinski definition) is 1. The van der Waals surface area contributed by atoms with Crippen molar-refractivity contribution >= 4 is 15.7 Å². The topological polar surface area (TPSA) is 63.4 Å². The lowest BCUT2D eigenvalue weighted by molar-refractivity contribution is 0.453. The number of hydrogen-bond acceptors (Lipinski definition) is 3. The first-order valence-corrected chi connectivity index (χ1v) is 8.48. The Morgan fingerprint density at radius 3 is 2.16 bits per heavy atom. The highest BCUT2D eigenvalue weighted by molar-refractivity contribution is 7.92. The molecule has 1 aliphatic rings. The van der Waals surface area contributed by atoms with Crippen LogP contribution in [-0.4, -0.2) is 28.3 Å². The molecule has 106 valence electrons. The van der Waals surface area contributed by atoms with Crippen LogP contribution in [0.1, 0.15) is 31.2 Å². The molecule has 2 rings (SSSR count). The fourth-order valence-electron chi connectivity index (χ4n) is 2.88. The lowest BCUT2D eigenvalue weighted by Gasteiger charge is -2.28.